The summed E-state index contributed by atoms with van der Waals surface area (Å²) in [6, 6.07) is 0. The highest BCUT2D eigenvalue weighted by atomic mass is 16.5. The van der Waals surface area contributed by atoms with Crippen molar-refractivity contribution in [3.05, 3.63) is 29.7 Å². The SMILES string of the molecule is CCc1nc(CN(C)C(=O)CCn2cc(C)cn2)no1. The van der Waals surface area contributed by atoms with Crippen LogP contribution in [-0.4, -0.2) is 37.8 Å². The summed E-state index contributed by atoms with van der Waals surface area (Å²) in [5.41, 5.74) is 1.09. The number of carbonyl (C=O) groups is 1. The first-order chi connectivity index (χ1) is 9.58. The molecule has 0 radical (unpaired) electrons. The Kier molecular flexibility index (Phi) is 4.49. The van der Waals surface area contributed by atoms with Crippen molar-refractivity contribution in [1.29, 1.82) is 0 Å². The molecule has 2 aromatic heterocycles. The normalized spacial score (nSPS) is 10.8. The van der Waals surface area contributed by atoms with Gasteiger partial charge >= 0.3 is 0 Å². The average molecular weight is 277 g/mol. The van der Waals surface area contributed by atoms with Gasteiger partial charge in [-0.15, -0.1) is 0 Å². The van der Waals surface area contributed by atoms with Crippen LogP contribution in [0, 0.1) is 6.92 Å². The minimum atomic E-state index is 0.0287. The molecule has 20 heavy (non-hydrogen) atoms. The van der Waals surface area contributed by atoms with E-state index in [1.807, 2.05) is 20.0 Å². The Labute approximate surface area is 117 Å². The number of hydrogen-bond acceptors (Lipinski definition) is 5. The van der Waals surface area contributed by atoms with Crippen LogP contribution in [0.4, 0.5) is 0 Å². The quantitative estimate of drug-likeness (QED) is 0.792. The zero-order valence-corrected chi connectivity index (χ0v) is 12.0. The topological polar surface area (TPSA) is 77.1 Å². The molecule has 0 atom stereocenters. The van der Waals surface area contributed by atoms with E-state index < -0.39 is 0 Å². The first-order valence-corrected chi connectivity index (χ1v) is 6.63. The molecular weight excluding hydrogens is 258 g/mol. The molecule has 7 nitrogen and oxygen atoms in total. The van der Waals surface area contributed by atoms with Gasteiger partial charge in [-0.3, -0.25) is 9.48 Å². The number of carbonyl (C=O) groups excluding carboxylic acids is 1. The second kappa shape index (κ2) is 6.31. The van der Waals surface area contributed by atoms with E-state index >= 15 is 0 Å². The Balaban J connectivity index is 1.82. The van der Waals surface area contributed by atoms with Gasteiger partial charge in [-0.2, -0.15) is 10.1 Å². The van der Waals surface area contributed by atoms with E-state index in [0.29, 0.717) is 37.6 Å². The summed E-state index contributed by atoms with van der Waals surface area (Å²) in [7, 11) is 1.73. The minimum Gasteiger partial charge on any atom is -0.339 e. The molecular formula is C13H19N5O2. The lowest BCUT2D eigenvalue weighted by molar-refractivity contribution is -0.130. The van der Waals surface area contributed by atoms with Crippen LogP contribution >= 0.6 is 0 Å². The third-order valence-corrected chi connectivity index (χ3v) is 2.93. The van der Waals surface area contributed by atoms with Gasteiger partial charge in [-0.1, -0.05) is 12.1 Å². The second-order valence-corrected chi connectivity index (χ2v) is 4.74. The van der Waals surface area contributed by atoms with E-state index in [4.69, 9.17) is 4.52 Å². The summed E-state index contributed by atoms with van der Waals surface area (Å²) in [5, 5.41) is 7.99. The number of rotatable bonds is 6. The van der Waals surface area contributed by atoms with E-state index in [0.717, 1.165) is 5.56 Å². The van der Waals surface area contributed by atoms with Crippen molar-refractivity contribution in [2.75, 3.05) is 7.05 Å². The van der Waals surface area contributed by atoms with Crippen molar-refractivity contribution in [2.45, 2.75) is 39.8 Å². The van der Waals surface area contributed by atoms with Crippen LogP contribution < -0.4 is 0 Å². The van der Waals surface area contributed by atoms with E-state index in [9.17, 15) is 4.79 Å². The van der Waals surface area contributed by atoms with Crippen LogP contribution in [-0.2, 0) is 24.3 Å². The first-order valence-electron chi connectivity index (χ1n) is 6.63. The van der Waals surface area contributed by atoms with Gasteiger partial charge in [0.25, 0.3) is 0 Å². The zero-order valence-electron chi connectivity index (χ0n) is 12.0. The maximum Gasteiger partial charge on any atom is 0.226 e. The fourth-order valence-corrected chi connectivity index (χ4v) is 1.79. The Hall–Kier alpha value is -2.18. The van der Waals surface area contributed by atoms with Crippen LogP contribution in [0.2, 0.25) is 0 Å². The summed E-state index contributed by atoms with van der Waals surface area (Å²) >= 11 is 0. The van der Waals surface area contributed by atoms with Gasteiger partial charge in [-0.05, 0) is 12.5 Å². The van der Waals surface area contributed by atoms with Crippen LogP contribution in [0.15, 0.2) is 16.9 Å². The van der Waals surface area contributed by atoms with Crippen molar-refractivity contribution in [2.24, 2.45) is 0 Å². The van der Waals surface area contributed by atoms with Gasteiger partial charge in [0.15, 0.2) is 5.82 Å². The van der Waals surface area contributed by atoms with Gasteiger partial charge in [0.2, 0.25) is 11.8 Å². The third-order valence-electron chi connectivity index (χ3n) is 2.93. The Morgan fingerprint density at radius 1 is 1.50 bits per heavy atom. The molecule has 0 saturated heterocycles. The van der Waals surface area contributed by atoms with Gasteiger partial charge in [-0.25, -0.2) is 0 Å². The van der Waals surface area contributed by atoms with Gasteiger partial charge in [0.05, 0.1) is 12.7 Å². The summed E-state index contributed by atoms with van der Waals surface area (Å²) < 4.78 is 6.78. The molecule has 7 heteroatoms. The van der Waals surface area contributed by atoms with Crippen LogP contribution in [0.1, 0.15) is 30.6 Å². The monoisotopic (exact) mass is 277 g/mol. The molecule has 0 aliphatic heterocycles. The zero-order chi connectivity index (χ0) is 14.5. The highest BCUT2D eigenvalue weighted by Crippen LogP contribution is 2.04. The van der Waals surface area contributed by atoms with Crippen molar-refractivity contribution in [3.63, 3.8) is 0 Å². The average Bonchev–Trinajstić information content (AvgIpc) is 3.04. The molecule has 0 fully saturated rings. The Morgan fingerprint density at radius 2 is 2.30 bits per heavy atom. The molecule has 0 saturated carbocycles. The summed E-state index contributed by atoms with van der Waals surface area (Å²) in [5.74, 6) is 1.15. The predicted molar refractivity (Wildman–Crippen MR) is 71.7 cm³/mol. The summed E-state index contributed by atoms with van der Waals surface area (Å²) in [6.45, 7) is 4.85. The van der Waals surface area contributed by atoms with Gasteiger partial charge < -0.3 is 9.42 Å². The maximum absolute atomic E-state index is 12.0. The van der Waals surface area contributed by atoms with Crippen molar-refractivity contribution >= 4 is 5.91 Å². The van der Waals surface area contributed by atoms with Crippen molar-refractivity contribution in [3.8, 4) is 0 Å². The predicted octanol–water partition coefficient (Wildman–Crippen LogP) is 1.19. The smallest absolute Gasteiger partial charge is 0.226 e. The molecule has 2 aromatic rings. The number of aryl methyl sites for hydroxylation is 3. The molecule has 0 bridgehead atoms. The van der Waals surface area contributed by atoms with Crippen LogP contribution in [0.5, 0.6) is 0 Å². The van der Waals surface area contributed by atoms with Crippen LogP contribution in [0.25, 0.3) is 0 Å². The largest absolute Gasteiger partial charge is 0.339 e. The Morgan fingerprint density at radius 3 is 2.90 bits per heavy atom. The van der Waals surface area contributed by atoms with Gasteiger partial charge in [0.1, 0.15) is 0 Å². The number of hydrogen-bond donors (Lipinski definition) is 0. The van der Waals surface area contributed by atoms with E-state index in [-0.39, 0.29) is 5.91 Å². The van der Waals surface area contributed by atoms with E-state index in [1.54, 1.807) is 22.8 Å². The molecule has 2 rings (SSSR count). The molecule has 0 spiro atoms. The number of aromatic nitrogens is 4. The number of amides is 1. The minimum absolute atomic E-state index is 0.0287. The Bertz CT molecular complexity index is 575. The molecule has 2 heterocycles. The second-order valence-electron chi connectivity index (χ2n) is 4.74. The fourth-order valence-electron chi connectivity index (χ4n) is 1.79. The maximum atomic E-state index is 12.0. The molecule has 108 valence electrons. The van der Waals surface area contributed by atoms with E-state index in [2.05, 4.69) is 15.2 Å². The standard InChI is InChI=1S/C13H19N5O2/c1-4-12-15-11(16-20-12)9-17(3)13(19)5-6-18-8-10(2)7-14-18/h7-8H,4-6,9H2,1-3H3. The lowest BCUT2D eigenvalue weighted by atomic mass is 10.3. The van der Waals surface area contributed by atoms with Crippen LogP contribution in [0.3, 0.4) is 0 Å². The molecule has 0 aliphatic carbocycles. The molecule has 0 aliphatic rings. The molecule has 1 amide bonds. The summed E-state index contributed by atoms with van der Waals surface area (Å²) in [4.78, 5) is 17.8. The lowest BCUT2D eigenvalue weighted by Gasteiger charge is -2.14. The lowest BCUT2D eigenvalue weighted by Crippen LogP contribution is -2.27. The fraction of sp³-hybridized carbons (Fsp3) is 0.538. The molecule has 0 N–H and O–H groups in total. The van der Waals surface area contributed by atoms with Crippen molar-refractivity contribution in [1.82, 2.24) is 24.8 Å². The summed E-state index contributed by atoms with van der Waals surface area (Å²) in [6.07, 6.45) is 4.79. The molecule has 0 unspecified atom stereocenters. The highest BCUT2D eigenvalue weighted by Gasteiger charge is 2.13. The third kappa shape index (κ3) is 3.66. The van der Waals surface area contributed by atoms with Gasteiger partial charge in [0, 0.05) is 32.6 Å². The first kappa shape index (κ1) is 14.2. The number of nitrogens with zero attached hydrogens (tertiary/aromatic N) is 5. The van der Waals surface area contributed by atoms with Crippen molar-refractivity contribution < 1.29 is 9.32 Å². The highest BCUT2D eigenvalue weighted by molar-refractivity contribution is 5.75. The van der Waals surface area contributed by atoms with E-state index in [1.165, 1.54) is 0 Å². The molecule has 0 aromatic carbocycles.